The maximum atomic E-state index is 11.5. The van der Waals surface area contributed by atoms with Crippen molar-refractivity contribution in [3.63, 3.8) is 0 Å². The molecular formula is C13H25NO4. The first-order valence-corrected chi connectivity index (χ1v) is 6.49. The molecule has 0 saturated heterocycles. The molecule has 0 aliphatic heterocycles. The van der Waals surface area contributed by atoms with Gasteiger partial charge in [0.15, 0.2) is 0 Å². The van der Waals surface area contributed by atoms with Crippen molar-refractivity contribution < 1.29 is 19.4 Å². The van der Waals surface area contributed by atoms with E-state index in [0.29, 0.717) is 19.4 Å². The summed E-state index contributed by atoms with van der Waals surface area (Å²) in [7, 11) is 0. The van der Waals surface area contributed by atoms with Gasteiger partial charge in [0.1, 0.15) is 0 Å². The Balaban J connectivity index is 4.12. The summed E-state index contributed by atoms with van der Waals surface area (Å²) in [6.45, 7) is 8.00. The van der Waals surface area contributed by atoms with Gasteiger partial charge in [-0.3, -0.25) is 9.59 Å². The van der Waals surface area contributed by atoms with Crippen LogP contribution in [0.2, 0.25) is 0 Å². The fourth-order valence-electron chi connectivity index (χ4n) is 1.62. The van der Waals surface area contributed by atoms with Crippen LogP contribution in [0.15, 0.2) is 0 Å². The Labute approximate surface area is 109 Å². The summed E-state index contributed by atoms with van der Waals surface area (Å²) in [5.74, 6) is -1.02. The molecular weight excluding hydrogens is 234 g/mol. The van der Waals surface area contributed by atoms with Gasteiger partial charge in [-0.1, -0.05) is 13.8 Å². The third-order valence-corrected chi connectivity index (χ3v) is 3.21. The van der Waals surface area contributed by atoms with Crippen LogP contribution in [0, 0.1) is 5.41 Å². The zero-order valence-corrected chi connectivity index (χ0v) is 11.8. The van der Waals surface area contributed by atoms with Crippen LogP contribution in [0.3, 0.4) is 0 Å². The molecule has 0 aromatic rings. The number of ether oxygens (including phenoxy) is 1. The Morgan fingerprint density at radius 1 is 1.28 bits per heavy atom. The molecule has 0 aliphatic rings. The van der Waals surface area contributed by atoms with Crippen molar-refractivity contribution in [2.24, 2.45) is 5.41 Å². The number of aliphatic carboxylic acids is 1. The molecule has 0 aromatic heterocycles. The molecule has 0 heterocycles. The monoisotopic (exact) mass is 259 g/mol. The first kappa shape index (κ1) is 16.9. The Kier molecular flexibility index (Phi) is 7.59. The first-order chi connectivity index (χ1) is 8.38. The number of hydrogen-bond donors (Lipinski definition) is 2. The van der Waals surface area contributed by atoms with E-state index < -0.39 is 11.4 Å². The van der Waals surface area contributed by atoms with Crippen molar-refractivity contribution in [3.05, 3.63) is 0 Å². The molecule has 5 nitrogen and oxygen atoms in total. The maximum Gasteiger partial charge on any atom is 0.311 e. The predicted octanol–water partition coefficient (Wildman–Crippen LogP) is 1.81. The number of hydrogen-bond acceptors (Lipinski definition) is 3. The van der Waals surface area contributed by atoms with Crippen molar-refractivity contribution in [2.75, 3.05) is 13.2 Å². The summed E-state index contributed by atoms with van der Waals surface area (Å²) in [5.41, 5.74) is -0.853. The number of carboxylic acid groups (broad SMARTS) is 1. The fraction of sp³-hybridized carbons (Fsp3) is 0.846. The Hall–Kier alpha value is -1.10. The van der Waals surface area contributed by atoms with Crippen LogP contribution in [0.5, 0.6) is 0 Å². The van der Waals surface area contributed by atoms with E-state index in [0.717, 1.165) is 0 Å². The molecule has 0 aliphatic carbocycles. The predicted molar refractivity (Wildman–Crippen MR) is 69.4 cm³/mol. The molecule has 2 N–H and O–H groups in total. The standard InChI is InChI=1S/C13H25NO4/c1-5-13(6-2,12(16)17)9-14-11(15)7-8-18-10(3)4/h10H,5-9H2,1-4H3,(H,14,15)(H,16,17). The van der Waals surface area contributed by atoms with E-state index in [4.69, 9.17) is 4.74 Å². The van der Waals surface area contributed by atoms with E-state index in [2.05, 4.69) is 5.32 Å². The van der Waals surface area contributed by atoms with Gasteiger partial charge < -0.3 is 15.2 Å². The van der Waals surface area contributed by atoms with E-state index in [1.165, 1.54) is 0 Å². The van der Waals surface area contributed by atoms with E-state index in [-0.39, 0.29) is 25.0 Å². The lowest BCUT2D eigenvalue weighted by Gasteiger charge is -2.26. The number of nitrogens with one attached hydrogen (secondary N) is 1. The minimum Gasteiger partial charge on any atom is -0.481 e. The summed E-state index contributed by atoms with van der Waals surface area (Å²) >= 11 is 0. The average molecular weight is 259 g/mol. The third kappa shape index (κ3) is 5.49. The van der Waals surface area contributed by atoms with E-state index >= 15 is 0 Å². The van der Waals surface area contributed by atoms with E-state index in [1.807, 2.05) is 27.7 Å². The highest BCUT2D eigenvalue weighted by Gasteiger charge is 2.34. The van der Waals surface area contributed by atoms with E-state index in [9.17, 15) is 14.7 Å². The van der Waals surface area contributed by atoms with Crippen LogP contribution in [0.4, 0.5) is 0 Å². The largest absolute Gasteiger partial charge is 0.481 e. The highest BCUT2D eigenvalue weighted by atomic mass is 16.5. The second kappa shape index (κ2) is 8.08. The minimum atomic E-state index is -0.855. The van der Waals surface area contributed by atoms with Crippen LogP contribution in [-0.2, 0) is 14.3 Å². The minimum absolute atomic E-state index is 0.0993. The van der Waals surface area contributed by atoms with Gasteiger partial charge in [-0.25, -0.2) is 0 Å². The summed E-state index contributed by atoms with van der Waals surface area (Å²) < 4.78 is 5.27. The van der Waals surface area contributed by atoms with Crippen LogP contribution in [0.1, 0.15) is 47.0 Å². The topological polar surface area (TPSA) is 75.6 Å². The summed E-state index contributed by atoms with van der Waals surface area (Å²) in [6, 6.07) is 0. The summed E-state index contributed by atoms with van der Waals surface area (Å²) in [6.07, 6.45) is 1.37. The smallest absolute Gasteiger partial charge is 0.311 e. The number of carbonyl (C=O) groups is 2. The van der Waals surface area contributed by atoms with Gasteiger partial charge in [-0.2, -0.15) is 0 Å². The van der Waals surface area contributed by atoms with Gasteiger partial charge in [0, 0.05) is 13.0 Å². The van der Waals surface area contributed by atoms with Crippen molar-refractivity contribution in [3.8, 4) is 0 Å². The fourth-order valence-corrected chi connectivity index (χ4v) is 1.62. The van der Waals surface area contributed by atoms with Crippen molar-refractivity contribution in [2.45, 2.75) is 53.1 Å². The van der Waals surface area contributed by atoms with Crippen molar-refractivity contribution in [1.82, 2.24) is 5.32 Å². The number of carboxylic acids is 1. The summed E-state index contributed by atoms with van der Waals surface area (Å²) in [5, 5.41) is 11.9. The zero-order chi connectivity index (χ0) is 14.2. The molecule has 5 heteroatoms. The second-order valence-corrected chi connectivity index (χ2v) is 4.74. The Morgan fingerprint density at radius 3 is 2.22 bits per heavy atom. The molecule has 1 amide bonds. The molecule has 0 fully saturated rings. The van der Waals surface area contributed by atoms with Crippen molar-refractivity contribution >= 4 is 11.9 Å². The highest BCUT2D eigenvalue weighted by molar-refractivity contribution is 5.79. The van der Waals surface area contributed by atoms with Crippen molar-refractivity contribution in [1.29, 1.82) is 0 Å². The summed E-state index contributed by atoms with van der Waals surface area (Å²) in [4.78, 5) is 22.8. The molecule has 0 unspecified atom stereocenters. The van der Waals surface area contributed by atoms with Gasteiger partial charge in [0.25, 0.3) is 0 Å². The van der Waals surface area contributed by atoms with Gasteiger partial charge in [0.2, 0.25) is 5.91 Å². The molecule has 0 atom stereocenters. The van der Waals surface area contributed by atoms with Crippen LogP contribution in [-0.4, -0.2) is 36.2 Å². The normalized spacial score (nSPS) is 11.6. The van der Waals surface area contributed by atoms with Gasteiger partial charge in [-0.15, -0.1) is 0 Å². The second-order valence-electron chi connectivity index (χ2n) is 4.74. The molecule has 18 heavy (non-hydrogen) atoms. The maximum absolute atomic E-state index is 11.5. The Morgan fingerprint density at radius 2 is 1.83 bits per heavy atom. The van der Waals surface area contributed by atoms with Gasteiger partial charge in [-0.05, 0) is 26.7 Å². The lowest BCUT2D eigenvalue weighted by atomic mass is 9.82. The van der Waals surface area contributed by atoms with Gasteiger partial charge >= 0.3 is 5.97 Å². The highest BCUT2D eigenvalue weighted by Crippen LogP contribution is 2.25. The molecule has 0 spiro atoms. The average Bonchev–Trinajstić information content (AvgIpc) is 2.30. The lowest BCUT2D eigenvalue weighted by molar-refractivity contribution is -0.149. The van der Waals surface area contributed by atoms with E-state index in [1.54, 1.807) is 0 Å². The molecule has 106 valence electrons. The number of amides is 1. The number of rotatable bonds is 9. The molecule has 0 saturated carbocycles. The number of carbonyl (C=O) groups excluding carboxylic acids is 1. The van der Waals surface area contributed by atoms with Crippen LogP contribution in [0.25, 0.3) is 0 Å². The van der Waals surface area contributed by atoms with Crippen LogP contribution < -0.4 is 5.32 Å². The lowest BCUT2D eigenvalue weighted by Crippen LogP contribution is -2.42. The molecule has 0 rings (SSSR count). The zero-order valence-electron chi connectivity index (χ0n) is 11.8. The van der Waals surface area contributed by atoms with Gasteiger partial charge in [0.05, 0.1) is 18.1 Å². The SMILES string of the molecule is CCC(CC)(CNC(=O)CCOC(C)C)C(=O)O. The molecule has 0 radical (unpaired) electrons. The Bertz CT molecular complexity index is 272. The molecule has 0 bridgehead atoms. The third-order valence-electron chi connectivity index (χ3n) is 3.21. The quantitative estimate of drug-likeness (QED) is 0.662. The first-order valence-electron chi connectivity index (χ1n) is 6.49. The molecule has 0 aromatic carbocycles. The van der Waals surface area contributed by atoms with Crippen LogP contribution >= 0.6 is 0 Å².